The molecule has 1 saturated heterocycles. The molecule has 0 unspecified atom stereocenters. The summed E-state index contributed by atoms with van der Waals surface area (Å²) in [6.07, 6.45) is 4.03. The van der Waals surface area contributed by atoms with Crippen molar-refractivity contribution in [3.05, 3.63) is 17.7 Å². The molecule has 1 fully saturated rings. The minimum atomic E-state index is -0.179. The van der Waals surface area contributed by atoms with Gasteiger partial charge >= 0.3 is 0 Å². The van der Waals surface area contributed by atoms with Crippen LogP contribution in [0.3, 0.4) is 0 Å². The number of halogens is 1. The van der Waals surface area contributed by atoms with Crippen molar-refractivity contribution < 1.29 is 9.13 Å². The van der Waals surface area contributed by atoms with Crippen LogP contribution in [0, 0.1) is 5.95 Å². The average Bonchev–Trinajstić information content (AvgIpc) is 2.69. The first-order valence-corrected chi connectivity index (χ1v) is 5.77. The van der Waals surface area contributed by atoms with Gasteiger partial charge in [0, 0.05) is 18.8 Å². The van der Waals surface area contributed by atoms with E-state index in [9.17, 15) is 4.39 Å². The molecule has 1 aromatic rings. The number of likely N-dealkylation sites (N-methyl/N-ethyl adjacent to an activating group) is 1. The molecule has 0 bridgehead atoms. The highest BCUT2D eigenvalue weighted by Gasteiger charge is 2.20. The maximum atomic E-state index is 14.0. The van der Waals surface area contributed by atoms with E-state index >= 15 is 0 Å². The number of ether oxygens (including phenoxy) is 1. The van der Waals surface area contributed by atoms with Crippen molar-refractivity contribution in [2.75, 3.05) is 26.8 Å². The molecule has 1 aliphatic rings. The maximum absolute atomic E-state index is 14.0. The molecule has 1 aliphatic heterocycles. The molecule has 16 heavy (non-hydrogen) atoms. The van der Waals surface area contributed by atoms with Gasteiger partial charge in [0.2, 0.25) is 5.95 Å². The number of hydrogen-bond donors (Lipinski definition) is 1. The Morgan fingerprint density at radius 3 is 3.00 bits per heavy atom. The number of rotatable bonds is 4. The standard InChI is InChI=1S/C11H18FN3O/c1-13-5-2-9-8-14-15(11(9)12)10-3-6-16-7-4-10/h8,10,13H,2-7H2,1H3. The summed E-state index contributed by atoms with van der Waals surface area (Å²) in [5.74, 6) is -0.179. The minimum absolute atomic E-state index is 0.164. The lowest BCUT2D eigenvalue weighted by molar-refractivity contribution is 0.0626. The first-order valence-electron chi connectivity index (χ1n) is 5.77. The van der Waals surface area contributed by atoms with E-state index in [-0.39, 0.29) is 12.0 Å². The van der Waals surface area contributed by atoms with E-state index in [1.165, 1.54) is 4.68 Å². The van der Waals surface area contributed by atoms with Gasteiger partial charge in [-0.05, 0) is 32.9 Å². The Kier molecular flexibility index (Phi) is 3.90. The second kappa shape index (κ2) is 5.41. The van der Waals surface area contributed by atoms with Crippen LogP contribution in [0.5, 0.6) is 0 Å². The fourth-order valence-corrected chi connectivity index (χ4v) is 1.99. The Labute approximate surface area is 94.8 Å². The zero-order valence-corrected chi connectivity index (χ0v) is 9.58. The number of nitrogens with zero attached hydrogens (tertiary/aromatic N) is 2. The molecule has 0 aliphatic carbocycles. The summed E-state index contributed by atoms with van der Waals surface area (Å²) in [6, 6.07) is 0.164. The van der Waals surface area contributed by atoms with Crippen LogP contribution in [-0.2, 0) is 11.2 Å². The van der Waals surface area contributed by atoms with Crippen LogP contribution < -0.4 is 5.32 Å². The topological polar surface area (TPSA) is 39.1 Å². The summed E-state index contributed by atoms with van der Waals surface area (Å²) < 4.78 is 20.8. The van der Waals surface area contributed by atoms with Gasteiger partial charge in [-0.15, -0.1) is 0 Å². The minimum Gasteiger partial charge on any atom is -0.381 e. The zero-order valence-electron chi connectivity index (χ0n) is 9.58. The van der Waals surface area contributed by atoms with Gasteiger partial charge in [0.05, 0.1) is 12.2 Å². The van der Waals surface area contributed by atoms with Gasteiger partial charge in [-0.2, -0.15) is 9.49 Å². The quantitative estimate of drug-likeness (QED) is 0.838. The molecular formula is C11H18FN3O. The molecule has 1 aromatic heterocycles. The van der Waals surface area contributed by atoms with Crippen molar-refractivity contribution in [1.82, 2.24) is 15.1 Å². The van der Waals surface area contributed by atoms with Gasteiger partial charge in [-0.1, -0.05) is 0 Å². The fourth-order valence-electron chi connectivity index (χ4n) is 1.99. The first kappa shape index (κ1) is 11.5. The highest BCUT2D eigenvalue weighted by Crippen LogP contribution is 2.22. The molecule has 2 rings (SSSR count). The van der Waals surface area contributed by atoms with Crippen LogP contribution in [-0.4, -0.2) is 36.6 Å². The Morgan fingerprint density at radius 2 is 2.31 bits per heavy atom. The monoisotopic (exact) mass is 227 g/mol. The van der Waals surface area contributed by atoms with E-state index in [0.29, 0.717) is 25.2 Å². The van der Waals surface area contributed by atoms with Crippen LogP contribution in [0.1, 0.15) is 24.4 Å². The first-order chi connectivity index (χ1) is 7.83. The van der Waals surface area contributed by atoms with E-state index < -0.39 is 0 Å². The van der Waals surface area contributed by atoms with E-state index in [1.807, 2.05) is 7.05 Å². The van der Waals surface area contributed by atoms with Crippen LogP contribution in [0.25, 0.3) is 0 Å². The molecule has 2 heterocycles. The van der Waals surface area contributed by atoms with Crippen molar-refractivity contribution in [3.63, 3.8) is 0 Å². The van der Waals surface area contributed by atoms with E-state index in [0.717, 1.165) is 19.4 Å². The highest BCUT2D eigenvalue weighted by molar-refractivity contribution is 5.08. The lowest BCUT2D eigenvalue weighted by Gasteiger charge is -2.22. The lowest BCUT2D eigenvalue weighted by Crippen LogP contribution is -2.22. The zero-order chi connectivity index (χ0) is 11.4. The Hall–Kier alpha value is -0.940. The smallest absolute Gasteiger partial charge is 0.214 e. The summed E-state index contributed by atoms with van der Waals surface area (Å²) in [5, 5.41) is 7.16. The molecule has 5 heteroatoms. The van der Waals surface area contributed by atoms with E-state index in [2.05, 4.69) is 10.4 Å². The van der Waals surface area contributed by atoms with Gasteiger partial charge in [-0.25, -0.2) is 4.68 Å². The molecule has 0 spiro atoms. The summed E-state index contributed by atoms with van der Waals surface area (Å²) in [6.45, 7) is 2.18. The SMILES string of the molecule is CNCCc1cnn(C2CCOCC2)c1F. The molecule has 0 saturated carbocycles. The van der Waals surface area contributed by atoms with Crippen molar-refractivity contribution in [3.8, 4) is 0 Å². The largest absolute Gasteiger partial charge is 0.381 e. The van der Waals surface area contributed by atoms with E-state index in [4.69, 9.17) is 4.74 Å². The summed E-state index contributed by atoms with van der Waals surface area (Å²) >= 11 is 0. The van der Waals surface area contributed by atoms with Gasteiger partial charge in [0.1, 0.15) is 0 Å². The third kappa shape index (κ3) is 2.41. The summed E-state index contributed by atoms with van der Waals surface area (Å²) in [7, 11) is 1.86. The van der Waals surface area contributed by atoms with Crippen molar-refractivity contribution >= 4 is 0 Å². The molecule has 0 amide bonds. The Morgan fingerprint density at radius 1 is 1.56 bits per heavy atom. The fraction of sp³-hybridized carbons (Fsp3) is 0.727. The maximum Gasteiger partial charge on any atom is 0.214 e. The summed E-state index contributed by atoms with van der Waals surface area (Å²) in [4.78, 5) is 0. The molecule has 0 atom stereocenters. The van der Waals surface area contributed by atoms with Crippen molar-refractivity contribution in [2.45, 2.75) is 25.3 Å². The Balaban J connectivity index is 2.06. The van der Waals surface area contributed by atoms with Gasteiger partial charge in [0.15, 0.2) is 0 Å². The molecule has 0 radical (unpaired) electrons. The third-order valence-corrected chi connectivity index (χ3v) is 2.99. The third-order valence-electron chi connectivity index (χ3n) is 2.99. The predicted octanol–water partition coefficient (Wildman–Crippen LogP) is 1.14. The molecule has 0 aromatic carbocycles. The second-order valence-electron chi connectivity index (χ2n) is 4.10. The summed E-state index contributed by atoms with van der Waals surface area (Å²) in [5.41, 5.74) is 0.695. The molecule has 4 nitrogen and oxygen atoms in total. The lowest BCUT2D eigenvalue weighted by atomic mass is 10.1. The molecular weight excluding hydrogens is 209 g/mol. The van der Waals surface area contributed by atoms with Crippen LogP contribution in [0.15, 0.2) is 6.20 Å². The average molecular weight is 227 g/mol. The normalized spacial score (nSPS) is 17.9. The van der Waals surface area contributed by atoms with Crippen molar-refractivity contribution in [2.24, 2.45) is 0 Å². The molecule has 90 valence electrons. The van der Waals surface area contributed by atoms with Crippen LogP contribution in [0.2, 0.25) is 0 Å². The van der Waals surface area contributed by atoms with Gasteiger partial charge in [0.25, 0.3) is 0 Å². The predicted molar refractivity (Wildman–Crippen MR) is 58.9 cm³/mol. The van der Waals surface area contributed by atoms with Gasteiger partial charge in [-0.3, -0.25) is 0 Å². The Bertz CT molecular complexity index is 334. The van der Waals surface area contributed by atoms with E-state index in [1.54, 1.807) is 6.20 Å². The number of nitrogens with one attached hydrogen (secondary N) is 1. The number of hydrogen-bond acceptors (Lipinski definition) is 3. The van der Waals surface area contributed by atoms with Gasteiger partial charge < -0.3 is 10.1 Å². The second-order valence-corrected chi connectivity index (χ2v) is 4.10. The van der Waals surface area contributed by atoms with Crippen molar-refractivity contribution in [1.29, 1.82) is 0 Å². The highest BCUT2D eigenvalue weighted by atomic mass is 19.1. The number of aromatic nitrogens is 2. The molecule has 1 N–H and O–H groups in total. The van der Waals surface area contributed by atoms with Crippen LogP contribution in [0.4, 0.5) is 4.39 Å². The van der Waals surface area contributed by atoms with Crippen LogP contribution >= 0.6 is 0 Å².